The van der Waals surface area contributed by atoms with Gasteiger partial charge < -0.3 is 10.1 Å². The molecule has 23 heavy (non-hydrogen) atoms. The number of anilines is 1. The van der Waals surface area contributed by atoms with E-state index >= 15 is 0 Å². The van der Waals surface area contributed by atoms with Gasteiger partial charge in [-0.1, -0.05) is 24.3 Å². The van der Waals surface area contributed by atoms with Crippen LogP contribution in [0.1, 0.15) is 23.7 Å². The third-order valence-electron chi connectivity index (χ3n) is 3.57. The largest absolute Gasteiger partial charge is 0.495 e. The highest BCUT2D eigenvalue weighted by Crippen LogP contribution is 2.24. The molecule has 0 atom stereocenters. The maximum absolute atomic E-state index is 12.4. The molecule has 1 N–H and O–H groups in total. The lowest BCUT2D eigenvalue weighted by Gasteiger charge is -2.09. The van der Waals surface area contributed by atoms with E-state index in [0.717, 1.165) is 18.5 Å². The van der Waals surface area contributed by atoms with Gasteiger partial charge in [0.25, 0.3) is 5.91 Å². The van der Waals surface area contributed by atoms with Crippen molar-refractivity contribution in [2.24, 2.45) is 0 Å². The number of amides is 1. The number of benzene rings is 2. The van der Waals surface area contributed by atoms with Crippen LogP contribution in [0.2, 0.25) is 0 Å². The first-order valence-electron chi connectivity index (χ1n) is 7.50. The second-order valence-corrected chi connectivity index (χ2v) is 5.17. The summed E-state index contributed by atoms with van der Waals surface area (Å²) < 4.78 is 7.09. The number of aryl methyl sites for hydroxylation is 1. The molecule has 1 heterocycles. The second kappa shape index (κ2) is 6.48. The quantitative estimate of drug-likeness (QED) is 0.786. The Morgan fingerprint density at radius 3 is 2.87 bits per heavy atom. The Labute approximate surface area is 134 Å². The molecule has 2 aromatic carbocycles. The van der Waals surface area contributed by atoms with Crippen LogP contribution in [0, 0.1) is 0 Å². The number of carbonyl (C=O) groups excluding carboxylic acids is 1. The molecule has 118 valence electrons. The number of methoxy groups -OCH3 is 1. The number of carbonyl (C=O) groups is 1. The Hall–Kier alpha value is -2.89. The van der Waals surface area contributed by atoms with Crippen LogP contribution in [0.15, 0.2) is 42.5 Å². The summed E-state index contributed by atoms with van der Waals surface area (Å²) in [5.41, 5.74) is 2.81. The first-order valence-corrected chi connectivity index (χ1v) is 7.50. The van der Waals surface area contributed by atoms with Crippen molar-refractivity contribution in [2.45, 2.75) is 19.9 Å². The van der Waals surface area contributed by atoms with Crippen molar-refractivity contribution in [3.63, 3.8) is 0 Å². The van der Waals surface area contributed by atoms with Crippen LogP contribution in [0.25, 0.3) is 11.0 Å². The van der Waals surface area contributed by atoms with Crippen molar-refractivity contribution in [2.75, 3.05) is 12.4 Å². The zero-order valence-corrected chi connectivity index (χ0v) is 13.1. The smallest absolute Gasteiger partial charge is 0.255 e. The van der Waals surface area contributed by atoms with Crippen molar-refractivity contribution in [3.8, 4) is 5.75 Å². The van der Waals surface area contributed by atoms with Gasteiger partial charge in [-0.05, 0) is 36.8 Å². The number of nitrogens with one attached hydrogen (secondary N) is 1. The van der Waals surface area contributed by atoms with Crippen LogP contribution in [0.5, 0.6) is 5.75 Å². The number of hydrogen-bond acceptors (Lipinski definition) is 4. The van der Waals surface area contributed by atoms with Crippen LogP contribution in [0.3, 0.4) is 0 Å². The van der Waals surface area contributed by atoms with Gasteiger partial charge in [-0.2, -0.15) is 0 Å². The predicted molar refractivity (Wildman–Crippen MR) is 88.8 cm³/mol. The van der Waals surface area contributed by atoms with E-state index in [9.17, 15) is 4.79 Å². The van der Waals surface area contributed by atoms with Gasteiger partial charge in [0.15, 0.2) is 0 Å². The number of rotatable bonds is 5. The number of hydrogen-bond donors (Lipinski definition) is 1. The van der Waals surface area contributed by atoms with E-state index in [-0.39, 0.29) is 5.91 Å². The summed E-state index contributed by atoms with van der Waals surface area (Å²) in [6.07, 6.45) is 0.981. The molecule has 6 heteroatoms. The van der Waals surface area contributed by atoms with Crippen molar-refractivity contribution in [3.05, 3.63) is 48.0 Å². The molecule has 0 aliphatic rings. The van der Waals surface area contributed by atoms with Gasteiger partial charge in [-0.15, -0.1) is 5.10 Å². The number of para-hydroxylation sites is 2. The molecule has 1 aromatic heterocycles. The number of ether oxygens (including phenoxy) is 1. The zero-order chi connectivity index (χ0) is 16.2. The van der Waals surface area contributed by atoms with Gasteiger partial charge in [0, 0.05) is 12.1 Å². The fourth-order valence-corrected chi connectivity index (χ4v) is 2.43. The summed E-state index contributed by atoms with van der Waals surface area (Å²) in [5.74, 6) is 0.414. The van der Waals surface area contributed by atoms with Crippen molar-refractivity contribution in [1.82, 2.24) is 15.0 Å². The minimum Gasteiger partial charge on any atom is -0.495 e. The maximum Gasteiger partial charge on any atom is 0.255 e. The molecule has 0 spiro atoms. The molecule has 0 unspecified atom stereocenters. The molecule has 3 aromatic rings. The summed E-state index contributed by atoms with van der Waals surface area (Å²) in [5, 5.41) is 11.1. The lowest BCUT2D eigenvalue weighted by Crippen LogP contribution is -2.12. The second-order valence-electron chi connectivity index (χ2n) is 5.17. The van der Waals surface area contributed by atoms with Crippen LogP contribution in [-0.2, 0) is 6.54 Å². The SMILES string of the molecule is CCCn1nnc2cc(C(=O)Nc3ccccc3OC)ccc21. The topological polar surface area (TPSA) is 69.0 Å². The van der Waals surface area contributed by atoms with E-state index in [1.54, 1.807) is 31.4 Å². The van der Waals surface area contributed by atoms with Gasteiger partial charge in [0.05, 0.1) is 18.3 Å². The molecular weight excluding hydrogens is 292 g/mol. The zero-order valence-electron chi connectivity index (χ0n) is 13.1. The lowest BCUT2D eigenvalue weighted by atomic mass is 10.1. The monoisotopic (exact) mass is 310 g/mol. The number of nitrogens with zero attached hydrogens (tertiary/aromatic N) is 3. The van der Waals surface area contributed by atoms with E-state index in [4.69, 9.17) is 4.74 Å². The third kappa shape index (κ3) is 3.01. The van der Waals surface area contributed by atoms with E-state index in [1.165, 1.54) is 0 Å². The molecule has 6 nitrogen and oxygen atoms in total. The highest BCUT2D eigenvalue weighted by molar-refractivity contribution is 6.06. The number of aromatic nitrogens is 3. The Morgan fingerprint density at radius 1 is 1.26 bits per heavy atom. The highest BCUT2D eigenvalue weighted by atomic mass is 16.5. The van der Waals surface area contributed by atoms with Crippen LogP contribution in [-0.4, -0.2) is 28.0 Å². The lowest BCUT2D eigenvalue weighted by molar-refractivity contribution is 0.102. The third-order valence-corrected chi connectivity index (χ3v) is 3.57. The minimum absolute atomic E-state index is 0.207. The summed E-state index contributed by atoms with van der Waals surface area (Å²) >= 11 is 0. The van der Waals surface area contributed by atoms with Crippen molar-refractivity contribution in [1.29, 1.82) is 0 Å². The van der Waals surface area contributed by atoms with Crippen molar-refractivity contribution >= 4 is 22.6 Å². The summed E-state index contributed by atoms with van der Waals surface area (Å²) in [6, 6.07) is 12.7. The normalized spacial score (nSPS) is 10.7. The molecule has 0 saturated carbocycles. The van der Waals surface area contributed by atoms with Gasteiger partial charge in [-0.25, -0.2) is 4.68 Å². The average molecular weight is 310 g/mol. The van der Waals surface area contributed by atoms with Gasteiger partial charge in [0.2, 0.25) is 0 Å². The fraction of sp³-hybridized carbons (Fsp3) is 0.235. The van der Waals surface area contributed by atoms with Gasteiger partial charge in [-0.3, -0.25) is 4.79 Å². The predicted octanol–water partition coefficient (Wildman–Crippen LogP) is 3.10. The Kier molecular flexibility index (Phi) is 4.23. The van der Waals surface area contributed by atoms with Gasteiger partial charge >= 0.3 is 0 Å². The Morgan fingerprint density at radius 2 is 2.09 bits per heavy atom. The average Bonchev–Trinajstić information content (AvgIpc) is 2.98. The van der Waals surface area contributed by atoms with Crippen LogP contribution in [0.4, 0.5) is 5.69 Å². The Balaban J connectivity index is 1.86. The highest BCUT2D eigenvalue weighted by Gasteiger charge is 2.12. The molecule has 0 saturated heterocycles. The standard InChI is InChI=1S/C17H18N4O2/c1-3-10-21-15-9-8-12(11-14(15)19-20-21)17(22)18-13-6-4-5-7-16(13)23-2/h4-9,11H,3,10H2,1-2H3,(H,18,22). The molecular formula is C17H18N4O2. The molecule has 0 bridgehead atoms. The maximum atomic E-state index is 12.4. The molecule has 1 amide bonds. The Bertz CT molecular complexity index is 841. The fourth-order valence-electron chi connectivity index (χ4n) is 2.43. The van der Waals surface area contributed by atoms with E-state index in [1.807, 2.05) is 22.9 Å². The summed E-state index contributed by atoms with van der Waals surface area (Å²) in [6.45, 7) is 2.89. The van der Waals surface area contributed by atoms with E-state index < -0.39 is 0 Å². The summed E-state index contributed by atoms with van der Waals surface area (Å²) in [7, 11) is 1.57. The first kappa shape index (κ1) is 15.0. The van der Waals surface area contributed by atoms with Crippen LogP contribution < -0.4 is 10.1 Å². The molecule has 0 aliphatic carbocycles. The minimum atomic E-state index is -0.207. The van der Waals surface area contributed by atoms with Gasteiger partial charge in [0.1, 0.15) is 11.3 Å². The summed E-state index contributed by atoms with van der Waals surface area (Å²) in [4.78, 5) is 12.4. The van der Waals surface area contributed by atoms with E-state index in [2.05, 4.69) is 22.6 Å². The molecule has 0 fully saturated rings. The van der Waals surface area contributed by atoms with E-state index in [0.29, 0.717) is 22.5 Å². The first-order chi connectivity index (χ1) is 11.2. The van der Waals surface area contributed by atoms with Crippen LogP contribution >= 0.6 is 0 Å². The molecule has 0 aliphatic heterocycles. The molecule has 0 radical (unpaired) electrons. The number of fused-ring (bicyclic) bond motifs is 1. The molecule has 3 rings (SSSR count). The van der Waals surface area contributed by atoms with Crippen molar-refractivity contribution < 1.29 is 9.53 Å².